The van der Waals surface area contributed by atoms with Crippen LogP contribution >= 0.6 is 11.6 Å². The number of carbonyl (C=O) groups excluding carboxylic acids is 3. The highest BCUT2D eigenvalue weighted by atomic mass is 35.5. The van der Waals surface area contributed by atoms with Gasteiger partial charge in [-0.15, -0.1) is 0 Å². The molecule has 2 aromatic carbocycles. The molecule has 2 unspecified atom stereocenters. The minimum absolute atomic E-state index is 0.0717. The summed E-state index contributed by atoms with van der Waals surface area (Å²) in [7, 11) is -4.12. The Labute approximate surface area is 257 Å². The van der Waals surface area contributed by atoms with Crippen LogP contribution in [0.2, 0.25) is 5.02 Å². The number of aliphatic hydroxyl groups is 1. The normalized spacial score (nSPS) is 23.1. The number of hydrogen-bond acceptors (Lipinski definition) is 7. The number of fused-ring (bicyclic) bond motifs is 2. The molecule has 2 aromatic rings. The molecule has 10 nitrogen and oxygen atoms in total. The molecule has 3 amide bonds. The van der Waals surface area contributed by atoms with Gasteiger partial charge in [-0.2, -0.15) is 0 Å². The molecule has 2 saturated carbocycles. The van der Waals surface area contributed by atoms with Gasteiger partial charge >= 0.3 is 6.09 Å². The van der Waals surface area contributed by atoms with Crippen molar-refractivity contribution in [2.75, 3.05) is 18.4 Å². The third kappa shape index (κ3) is 7.29. The molecular weight excluding hydrogens is 627 g/mol. The Morgan fingerprint density at radius 1 is 1.02 bits per heavy atom. The molecule has 15 heteroatoms. The van der Waals surface area contributed by atoms with Crippen LogP contribution in [0, 0.1) is 29.3 Å². The second-order valence-electron chi connectivity index (χ2n) is 12.1. The summed E-state index contributed by atoms with van der Waals surface area (Å²) in [6, 6.07) is 4.68. The van der Waals surface area contributed by atoms with Crippen molar-refractivity contribution < 1.29 is 45.8 Å². The Kier molecular flexibility index (Phi) is 9.57. The van der Waals surface area contributed by atoms with Crippen molar-refractivity contribution in [3.8, 4) is 0 Å². The molecule has 2 fully saturated rings. The number of hydrogen-bond donors (Lipinski definition) is 4. The van der Waals surface area contributed by atoms with Gasteiger partial charge in [0.25, 0.3) is 5.91 Å². The molecule has 4 N–H and O–H groups in total. The number of halogens is 4. The van der Waals surface area contributed by atoms with E-state index in [1.165, 1.54) is 12.1 Å². The van der Waals surface area contributed by atoms with Crippen molar-refractivity contribution in [1.29, 1.82) is 0 Å². The average molecular weight is 660 g/mol. The van der Waals surface area contributed by atoms with Crippen LogP contribution in [0.25, 0.3) is 0 Å². The summed E-state index contributed by atoms with van der Waals surface area (Å²) in [5, 5.41) is 17.6. The second-order valence-corrected chi connectivity index (χ2v) is 14.7. The molecule has 0 spiro atoms. The number of nitrogens with one attached hydrogen (secondary N) is 3. The van der Waals surface area contributed by atoms with Gasteiger partial charge in [0.05, 0.1) is 27.3 Å². The van der Waals surface area contributed by atoms with Crippen molar-refractivity contribution in [3.63, 3.8) is 0 Å². The molecule has 2 atom stereocenters. The van der Waals surface area contributed by atoms with E-state index in [0.29, 0.717) is 25.0 Å². The molecule has 0 radical (unpaired) electrons. The first kappa shape index (κ1) is 33.5. The predicted octanol–water partition coefficient (Wildman–Crippen LogP) is 4.34. The summed E-state index contributed by atoms with van der Waals surface area (Å²) in [5.41, 5.74) is -2.64. The van der Waals surface area contributed by atoms with E-state index in [-0.39, 0.29) is 47.1 Å². The largest absolute Gasteiger partial charge is 0.444 e. The van der Waals surface area contributed by atoms with Gasteiger partial charge in [0, 0.05) is 29.9 Å². The van der Waals surface area contributed by atoms with Gasteiger partial charge in [-0.25, -0.2) is 26.4 Å². The minimum Gasteiger partial charge on any atom is -0.444 e. The van der Waals surface area contributed by atoms with Crippen LogP contribution < -0.4 is 16.0 Å². The Hall–Kier alpha value is -3.36. The van der Waals surface area contributed by atoms with Gasteiger partial charge < -0.3 is 25.8 Å². The smallest absolute Gasteiger partial charge is 0.408 e. The fraction of sp³-hybridized carbons (Fsp3) is 0.483. The van der Waals surface area contributed by atoms with Crippen LogP contribution in [0.1, 0.15) is 56.8 Å². The van der Waals surface area contributed by atoms with Crippen LogP contribution in [0.15, 0.2) is 35.2 Å². The maximum absolute atomic E-state index is 13.8. The monoisotopic (exact) mass is 659 g/mol. The van der Waals surface area contributed by atoms with E-state index in [1.807, 2.05) is 0 Å². The summed E-state index contributed by atoms with van der Waals surface area (Å²) in [4.78, 5) is 36.6. The first-order chi connectivity index (χ1) is 20.4. The summed E-state index contributed by atoms with van der Waals surface area (Å²) in [6.07, 6.45) is 0.431. The molecule has 44 heavy (non-hydrogen) atoms. The summed E-state index contributed by atoms with van der Waals surface area (Å²) >= 11 is 6.25. The lowest BCUT2D eigenvalue weighted by atomic mass is 9.74. The first-order valence-corrected chi connectivity index (χ1v) is 15.8. The van der Waals surface area contributed by atoms with E-state index < -0.39 is 73.5 Å². The van der Waals surface area contributed by atoms with Gasteiger partial charge in [0.15, 0.2) is 27.3 Å². The maximum Gasteiger partial charge on any atom is 0.408 e. The Morgan fingerprint density at radius 2 is 1.61 bits per heavy atom. The van der Waals surface area contributed by atoms with Gasteiger partial charge in [-0.3, -0.25) is 9.59 Å². The fourth-order valence-corrected chi connectivity index (χ4v) is 8.20. The van der Waals surface area contributed by atoms with Crippen LogP contribution in [-0.4, -0.2) is 61.0 Å². The molecule has 4 rings (SSSR count). The highest BCUT2D eigenvalue weighted by Gasteiger charge is 2.55. The van der Waals surface area contributed by atoms with Crippen molar-refractivity contribution >= 4 is 45.0 Å². The lowest BCUT2D eigenvalue weighted by Crippen LogP contribution is -2.55. The Morgan fingerprint density at radius 3 is 2.18 bits per heavy atom. The van der Waals surface area contributed by atoms with E-state index in [2.05, 4.69) is 16.0 Å². The number of ether oxygens (including phenoxy) is 1. The van der Waals surface area contributed by atoms with Gasteiger partial charge in [-0.1, -0.05) is 11.6 Å². The molecule has 0 aliphatic heterocycles. The quantitative estimate of drug-likeness (QED) is 0.308. The number of sulfone groups is 1. The number of carbonyl (C=O) groups is 3. The standard InChI is InChI=1S/C29H33ClF3N3O7S/c1-28(2,3)43-27(39)34-13-24(37)35-14-29(40)16-5-6-17(29)10-19(9-16)44(41,42)23-8-15(4-7-20(23)30)26(38)36-18-11-21(31)25(33)22(32)12-18/h4,7-8,11-12,16-17,19,40H,5-6,9-10,13-14H2,1-3H3,(H,34,39)(H,35,37)(H,36,38)/t16?,17?,19-,29-. The SMILES string of the molecule is CC(C)(C)OC(=O)NCC(=O)NC[C@]1(O)C2CCC1C[C@@H](S(=O)(=O)c1cc(C(=O)Nc3cc(F)c(F)c(F)c3)ccc1Cl)C2. The molecule has 0 aromatic heterocycles. The second kappa shape index (κ2) is 12.6. The number of amides is 3. The van der Waals surface area contributed by atoms with E-state index >= 15 is 0 Å². The van der Waals surface area contributed by atoms with E-state index in [1.54, 1.807) is 20.8 Å². The zero-order valence-corrected chi connectivity index (χ0v) is 25.8. The number of alkyl carbamates (subject to hydrolysis) is 1. The van der Waals surface area contributed by atoms with E-state index in [0.717, 1.165) is 6.07 Å². The molecular formula is C29H33ClF3N3O7S. The zero-order chi connectivity index (χ0) is 32.6. The van der Waals surface area contributed by atoms with Gasteiger partial charge in [-0.05, 0) is 76.5 Å². The Bertz CT molecular complexity index is 1550. The lowest BCUT2D eigenvalue weighted by molar-refractivity contribution is -0.123. The van der Waals surface area contributed by atoms with Crippen molar-refractivity contribution in [2.24, 2.45) is 11.8 Å². The van der Waals surface area contributed by atoms with Crippen LogP contribution in [0.5, 0.6) is 0 Å². The molecule has 0 saturated heterocycles. The van der Waals surface area contributed by atoms with Crippen LogP contribution in [-0.2, 0) is 19.4 Å². The highest BCUT2D eigenvalue weighted by Crippen LogP contribution is 2.52. The zero-order valence-electron chi connectivity index (χ0n) is 24.2. The van der Waals surface area contributed by atoms with Gasteiger partial charge in [0.2, 0.25) is 5.91 Å². The molecule has 2 aliphatic rings. The molecule has 0 heterocycles. The minimum atomic E-state index is -4.12. The Balaban J connectivity index is 1.42. The molecule has 2 aliphatic carbocycles. The predicted molar refractivity (Wildman–Crippen MR) is 154 cm³/mol. The van der Waals surface area contributed by atoms with Crippen molar-refractivity contribution in [2.45, 2.75) is 67.8 Å². The summed E-state index contributed by atoms with van der Waals surface area (Å²) < 4.78 is 73.0. The molecule has 2 bridgehead atoms. The fourth-order valence-electron chi connectivity index (χ4n) is 5.79. The third-order valence-electron chi connectivity index (χ3n) is 7.91. The van der Waals surface area contributed by atoms with E-state index in [4.69, 9.17) is 16.3 Å². The third-order valence-corrected chi connectivity index (χ3v) is 10.6. The highest BCUT2D eigenvalue weighted by molar-refractivity contribution is 7.92. The van der Waals surface area contributed by atoms with Crippen LogP contribution in [0.4, 0.5) is 23.7 Å². The van der Waals surface area contributed by atoms with Gasteiger partial charge in [0.1, 0.15) is 5.60 Å². The summed E-state index contributed by atoms with van der Waals surface area (Å²) in [5.74, 6) is -7.10. The number of anilines is 1. The van der Waals surface area contributed by atoms with E-state index in [9.17, 15) is 41.1 Å². The number of benzene rings is 2. The maximum atomic E-state index is 13.8. The summed E-state index contributed by atoms with van der Waals surface area (Å²) in [6.45, 7) is 4.53. The topological polar surface area (TPSA) is 151 Å². The number of rotatable bonds is 8. The average Bonchev–Trinajstić information content (AvgIpc) is 3.08. The van der Waals surface area contributed by atoms with Crippen LogP contribution in [0.3, 0.4) is 0 Å². The molecule has 240 valence electrons. The van der Waals surface area contributed by atoms with Crippen molar-refractivity contribution in [1.82, 2.24) is 10.6 Å². The van der Waals surface area contributed by atoms with Crippen molar-refractivity contribution in [3.05, 3.63) is 58.4 Å². The first-order valence-electron chi connectivity index (χ1n) is 13.9. The lowest BCUT2D eigenvalue weighted by Gasteiger charge is -2.42.